The van der Waals surface area contributed by atoms with Gasteiger partial charge in [-0.2, -0.15) is 0 Å². The van der Waals surface area contributed by atoms with Crippen LogP contribution in [0.25, 0.3) is 24.3 Å². The number of nitrogens with zero attached hydrogens (tertiary/aromatic N) is 2. The summed E-state index contributed by atoms with van der Waals surface area (Å²) >= 11 is 0. The molecule has 6 heteroatoms. The molecule has 0 amide bonds. The summed E-state index contributed by atoms with van der Waals surface area (Å²) < 4.78 is 21.3. The molecule has 30 heavy (non-hydrogen) atoms. The number of hydrogen-bond acceptors (Lipinski definition) is 6. The van der Waals surface area contributed by atoms with Crippen molar-refractivity contribution >= 4 is 24.3 Å². The number of ether oxygens (including phenoxy) is 4. The highest BCUT2D eigenvalue weighted by Crippen LogP contribution is 2.27. The van der Waals surface area contributed by atoms with Crippen LogP contribution in [0.3, 0.4) is 0 Å². The highest BCUT2D eigenvalue weighted by molar-refractivity contribution is 5.73. The first-order chi connectivity index (χ1) is 14.7. The van der Waals surface area contributed by atoms with E-state index >= 15 is 0 Å². The van der Waals surface area contributed by atoms with Gasteiger partial charge in [0.05, 0.1) is 52.2 Å². The molecule has 0 saturated carbocycles. The predicted octanol–water partition coefficient (Wildman–Crippen LogP) is 4.85. The summed E-state index contributed by atoms with van der Waals surface area (Å²) in [6.45, 7) is 0. The van der Waals surface area contributed by atoms with Crippen LogP contribution < -0.4 is 18.9 Å². The Morgan fingerprint density at radius 3 is 1.33 bits per heavy atom. The second-order valence-electron chi connectivity index (χ2n) is 6.25. The molecule has 0 fully saturated rings. The molecule has 0 aliphatic heterocycles. The third-order valence-electron chi connectivity index (χ3n) is 4.44. The summed E-state index contributed by atoms with van der Waals surface area (Å²) in [7, 11) is 6.51. The van der Waals surface area contributed by atoms with E-state index in [-0.39, 0.29) is 0 Å². The molecule has 6 nitrogen and oxygen atoms in total. The van der Waals surface area contributed by atoms with E-state index in [0.29, 0.717) is 0 Å². The highest BCUT2D eigenvalue weighted by Gasteiger charge is 2.03. The minimum Gasteiger partial charge on any atom is -0.497 e. The fourth-order valence-corrected chi connectivity index (χ4v) is 2.78. The number of methoxy groups -OCH3 is 4. The first kappa shape index (κ1) is 20.9. The topological polar surface area (TPSA) is 62.7 Å². The second-order valence-corrected chi connectivity index (χ2v) is 6.25. The highest BCUT2D eigenvalue weighted by atomic mass is 16.5. The first-order valence-electron chi connectivity index (χ1n) is 9.29. The molecule has 0 aliphatic carbocycles. The fourth-order valence-electron chi connectivity index (χ4n) is 2.78. The van der Waals surface area contributed by atoms with Gasteiger partial charge in [-0.3, -0.25) is 9.97 Å². The van der Waals surface area contributed by atoms with Crippen LogP contribution in [-0.4, -0.2) is 38.4 Å². The zero-order valence-corrected chi connectivity index (χ0v) is 17.5. The van der Waals surface area contributed by atoms with Gasteiger partial charge in [-0.1, -0.05) is 0 Å². The molecule has 0 N–H and O–H groups in total. The van der Waals surface area contributed by atoms with Crippen molar-refractivity contribution in [1.29, 1.82) is 0 Å². The summed E-state index contributed by atoms with van der Waals surface area (Å²) in [6.07, 6.45) is 11.1. The van der Waals surface area contributed by atoms with Crippen LogP contribution in [0.2, 0.25) is 0 Å². The Balaban J connectivity index is 1.73. The summed E-state index contributed by atoms with van der Waals surface area (Å²) in [5, 5.41) is 0. The first-order valence-corrected chi connectivity index (χ1v) is 9.29. The quantitative estimate of drug-likeness (QED) is 0.535. The molecule has 0 radical (unpaired) electrons. The van der Waals surface area contributed by atoms with E-state index in [0.717, 1.165) is 45.5 Å². The van der Waals surface area contributed by atoms with E-state index < -0.39 is 0 Å². The summed E-state index contributed by atoms with van der Waals surface area (Å²) in [5.41, 5.74) is 3.34. The smallest absolute Gasteiger partial charge is 0.129 e. The van der Waals surface area contributed by atoms with Crippen molar-refractivity contribution in [2.75, 3.05) is 28.4 Å². The molecule has 2 aromatic carbocycles. The minimum atomic E-state index is 0.728. The van der Waals surface area contributed by atoms with Gasteiger partial charge in [0, 0.05) is 23.3 Å². The maximum absolute atomic E-state index is 5.41. The van der Waals surface area contributed by atoms with Crippen LogP contribution in [0.1, 0.15) is 22.5 Å². The van der Waals surface area contributed by atoms with Crippen molar-refractivity contribution in [1.82, 2.24) is 9.97 Å². The van der Waals surface area contributed by atoms with Crippen LogP contribution in [0.5, 0.6) is 23.0 Å². The van der Waals surface area contributed by atoms with Gasteiger partial charge < -0.3 is 18.9 Å². The largest absolute Gasteiger partial charge is 0.497 e. The van der Waals surface area contributed by atoms with E-state index in [1.54, 1.807) is 40.8 Å². The molecule has 0 aliphatic rings. The second kappa shape index (κ2) is 10.1. The third-order valence-corrected chi connectivity index (χ3v) is 4.44. The van der Waals surface area contributed by atoms with Crippen LogP contribution in [0.15, 0.2) is 48.8 Å². The van der Waals surface area contributed by atoms with Gasteiger partial charge in [0.1, 0.15) is 23.0 Å². The molecule has 0 unspecified atom stereocenters. The summed E-state index contributed by atoms with van der Waals surface area (Å²) in [6, 6.07) is 11.3. The summed E-state index contributed by atoms with van der Waals surface area (Å²) in [5.74, 6) is 2.94. The van der Waals surface area contributed by atoms with Crippen LogP contribution in [0.4, 0.5) is 0 Å². The van der Waals surface area contributed by atoms with Gasteiger partial charge in [-0.05, 0) is 48.6 Å². The van der Waals surface area contributed by atoms with Gasteiger partial charge in [0.15, 0.2) is 0 Å². The zero-order chi connectivity index (χ0) is 21.3. The lowest BCUT2D eigenvalue weighted by atomic mass is 10.1. The maximum Gasteiger partial charge on any atom is 0.129 e. The van der Waals surface area contributed by atoms with Crippen molar-refractivity contribution in [2.24, 2.45) is 0 Å². The van der Waals surface area contributed by atoms with Gasteiger partial charge in [0.25, 0.3) is 0 Å². The van der Waals surface area contributed by atoms with Crippen LogP contribution >= 0.6 is 0 Å². The maximum atomic E-state index is 5.41. The fraction of sp³-hybridized carbons (Fsp3) is 0.167. The molecule has 0 spiro atoms. The predicted molar refractivity (Wildman–Crippen MR) is 119 cm³/mol. The molecule has 0 bridgehead atoms. The van der Waals surface area contributed by atoms with Crippen molar-refractivity contribution < 1.29 is 18.9 Å². The van der Waals surface area contributed by atoms with Gasteiger partial charge >= 0.3 is 0 Å². The number of benzene rings is 2. The Hall–Kier alpha value is -3.80. The van der Waals surface area contributed by atoms with Crippen molar-refractivity contribution in [3.05, 3.63) is 71.3 Å². The van der Waals surface area contributed by atoms with Gasteiger partial charge in [-0.15, -0.1) is 0 Å². The monoisotopic (exact) mass is 404 g/mol. The molecule has 1 aromatic heterocycles. The number of aromatic nitrogens is 2. The molecule has 0 saturated heterocycles. The average Bonchev–Trinajstić information content (AvgIpc) is 2.81. The van der Waals surface area contributed by atoms with Crippen molar-refractivity contribution in [3.8, 4) is 23.0 Å². The molecule has 1 heterocycles. The lowest BCUT2D eigenvalue weighted by Gasteiger charge is -2.07. The standard InChI is InChI=1S/C24H24N2O4/c1-27-21-11-7-17(23(13-21)29-3)5-9-19-15-26-20(16-25-19)10-6-18-8-12-22(28-2)14-24(18)30-4/h5-16H,1-4H3/b9-5+,10-6+. The van der Waals surface area contributed by atoms with Crippen molar-refractivity contribution in [3.63, 3.8) is 0 Å². The van der Waals surface area contributed by atoms with E-state index in [2.05, 4.69) is 9.97 Å². The zero-order valence-electron chi connectivity index (χ0n) is 17.5. The average molecular weight is 404 g/mol. The normalized spacial score (nSPS) is 11.1. The van der Waals surface area contributed by atoms with Crippen LogP contribution in [0, 0.1) is 0 Å². The number of rotatable bonds is 8. The SMILES string of the molecule is COc1ccc(/C=C/c2cnc(/C=C/c3ccc(OC)cc3OC)cn2)c(OC)c1. The number of hydrogen-bond donors (Lipinski definition) is 0. The minimum absolute atomic E-state index is 0.728. The summed E-state index contributed by atoms with van der Waals surface area (Å²) in [4.78, 5) is 8.90. The Morgan fingerprint density at radius 2 is 1.00 bits per heavy atom. The van der Waals surface area contributed by atoms with E-state index in [9.17, 15) is 0 Å². The Kier molecular flexibility index (Phi) is 7.05. The Labute approximate surface area is 176 Å². The van der Waals surface area contributed by atoms with E-state index in [1.165, 1.54) is 0 Å². The molecule has 154 valence electrons. The Bertz CT molecular complexity index is 959. The third kappa shape index (κ3) is 5.17. The van der Waals surface area contributed by atoms with Crippen molar-refractivity contribution in [2.45, 2.75) is 0 Å². The molecule has 0 atom stereocenters. The van der Waals surface area contributed by atoms with Gasteiger partial charge in [-0.25, -0.2) is 0 Å². The molecular weight excluding hydrogens is 380 g/mol. The van der Waals surface area contributed by atoms with Gasteiger partial charge in [0.2, 0.25) is 0 Å². The molecule has 3 aromatic rings. The van der Waals surface area contributed by atoms with E-state index in [4.69, 9.17) is 18.9 Å². The van der Waals surface area contributed by atoms with Crippen LogP contribution in [-0.2, 0) is 0 Å². The van der Waals surface area contributed by atoms with E-state index in [1.807, 2.05) is 60.7 Å². The lowest BCUT2D eigenvalue weighted by Crippen LogP contribution is -1.90. The molecular formula is C24H24N2O4. The Morgan fingerprint density at radius 1 is 0.567 bits per heavy atom. The lowest BCUT2D eigenvalue weighted by molar-refractivity contribution is 0.393. The molecule has 3 rings (SSSR count).